The number of sulfonamides is 1. The van der Waals surface area contributed by atoms with E-state index in [0.29, 0.717) is 13.1 Å². The maximum atomic E-state index is 13.9. The molecule has 1 aromatic carbocycles. The molecule has 0 amide bonds. The van der Waals surface area contributed by atoms with Crippen molar-refractivity contribution in [2.45, 2.75) is 23.6 Å². The summed E-state index contributed by atoms with van der Waals surface area (Å²) in [6.07, 6.45) is 0.955. The molecule has 5 nitrogen and oxygen atoms in total. The zero-order valence-electron chi connectivity index (χ0n) is 12.1. The minimum atomic E-state index is -4.02. The number of halogens is 1. The zero-order chi connectivity index (χ0) is 16.0. The van der Waals surface area contributed by atoms with Crippen LogP contribution in [0.25, 0.3) is 0 Å². The van der Waals surface area contributed by atoms with E-state index in [0.717, 1.165) is 24.5 Å². The molecule has 1 fully saturated rings. The van der Waals surface area contributed by atoms with Crippen LogP contribution in [0.2, 0.25) is 0 Å². The summed E-state index contributed by atoms with van der Waals surface area (Å²) in [6.45, 7) is 4.49. The third kappa shape index (κ3) is 3.12. The average Bonchev–Trinajstić information content (AvgIpc) is 2.69. The monoisotopic (exact) mass is 335 g/mol. The van der Waals surface area contributed by atoms with Crippen LogP contribution in [0.15, 0.2) is 28.0 Å². The molecule has 2 rings (SSSR count). The van der Waals surface area contributed by atoms with Crippen LogP contribution in [-0.2, 0) is 19.9 Å². The molecule has 1 aromatic rings. The van der Waals surface area contributed by atoms with Gasteiger partial charge in [0.2, 0.25) is 10.0 Å². The fourth-order valence-electron chi connectivity index (χ4n) is 2.32. The molecule has 1 heterocycles. The van der Waals surface area contributed by atoms with E-state index in [9.17, 15) is 21.2 Å². The van der Waals surface area contributed by atoms with Crippen LogP contribution in [0.1, 0.15) is 13.8 Å². The Labute approximate surface area is 124 Å². The summed E-state index contributed by atoms with van der Waals surface area (Å²) in [5.74, 6) is -0.573. The van der Waals surface area contributed by atoms with Gasteiger partial charge in [0.25, 0.3) is 0 Å². The largest absolute Gasteiger partial charge is 0.246 e. The summed E-state index contributed by atoms with van der Waals surface area (Å²) in [5.41, 5.74) is 0. The minimum Gasteiger partial charge on any atom is -0.224 e. The number of benzene rings is 1. The molecular formula is C13H18FNO4S2. The number of rotatable bonds is 3. The second kappa shape index (κ2) is 5.33. The first-order chi connectivity index (χ1) is 9.53. The van der Waals surface area contributed by atoms with Gasteiger partial charge in [-0.2, -0.15) is 4.31 Å². The molecule has 0 bridgehead atoms. The lowest BCUT2D eigenvalue weighted by atomic mass is 10.0. The Bertz CT molecular complexity index is 748. The molecular weight excluding hydrogens is 317 g/mol. The Morgan fingerprint density at radius 3 is 2.10 bits per heavy atom. The van der Waals surface area contributed by atoms with Crippen molar-refractivity contribution >= 4 is 19.9 Å². The van der Waals surface area contributed by atoms with Gasteiger partial charge in [-0.15, -0.1) is 0 Å². The maximum absolute atomic E-state index is 13.9. The van der Waals surface area contributed by atoms with E-state index in [4.69, 9.17) is 0 Å². The molecule has 2 atom stereocenters. The summed E-state index contributed by atoms with van der Waals surface area (Å²) >= 11 is 0. The van der Waals surface area contributed by atoms with Gasteiger partial charge in [-0.25, -0.2) is 21.2 Å². The molecule has 1 aliphatic heterocycles. The second-order valence-corrected chi connectivity index (χ2v) is 9.56. The highest BCUT2D eigenvalue weighted by Crippen LogP contribution is 2.30. The van der Waals surface area contributed by atoms with Crippen molar-refractivity contribution in [1.29, 1.82) is 0 Å². The Morgan fingerprint density at radius 1 is 1.10 bits per heavy atom. The fourth-order valence-corrected chi connectivity index (χ4v) is 4.78. The highest BCUT2D eigenvalue weighted by atomic mass is 32.2. The number of nitrogens with zero attached hydrogens (tertiary/aromatic N) is 1. The first-order valence-corrected chi connectivity index (χ1v) is 9.86. The van der Waals surface area contributed by atoms with Crippen LogP contribution in [0.5, 0.6) is 0 Å². The third-order valence-electron chi connectivity index (χ3n) is 3.90. The van der Waals surface area contributed by atoms with Gasteiger partial charge in [-0.3, -0.25) is 0 Å². The molecule has 1 aliphatic rings. The summed E-state index contributed by atoms with van der Waals surface area (Å²) in [5, 5.41) is 0. The Hall–Kier alpha value is -0.990. The smallest absolute Gasteiger partial charge is 0.224 e. The highest BCUT2D eigenvalue weighted by molar-refractivity contribution is 7.91. The van der Waals surface area contributed by atoms with Gasteiger partial charge in [-0.1, -0.05) is 13.8 Å². The Morgan fingerprint density at radius 2 is 1.62 bits per heavy atom. The van der Waals surface area contributed by atoms with E-state index in [1.54, 1.807) is 0 Å². The van der Waals surface area contributed by atoms with Crippen molar-refractivity contribution in [3.05, 3.63) is 24.0 Å². The molecule has 0 aliphatic carbocycles. The van der Waals surface area contributed by atoms with Crippen LogP contribution in [0.3, 0.4) is 0 Å². The topological polar surface area (TPSA) is 71.5 Å². The molecule has 8 heteroatoms. The van der Waals surface area contributed by atoms with Crippen molar-refractivity contribution in [2.24, 2.45) is 11.8 Å². The van der Waals surface area contributed by atoms with Gasteiger partial charge >= 0.3 is 0 Å². The number of hydrogen-bond acceptors (Lipinski definition) is 4. The molecule has 0 N–H and O–H groups in total. The van der Waals surface area contributed by atoms with Crippen molar-refractivity contribution in [1.82, 2.24) is 4.31 Å². The molecule has 2 unspecified atom stereocenters. The molecule has 21 heavy (non-hydrogen) atoms. The summed E-state index contributed by atoms with van der Waals surface area (Å²) in [4.78, 5) is -0.783. The van der Waals surface area contributed by atoms with Crippen LogP contribution in [0.4, 0.5) is 4.39 Å². The zero-order valence-corrected chi connectivity index (χ0v) is 13.7. The molecule has 118 valence electrons. The lowest BCUT2D eigenvalue weighted by Crippen LogP contribution is -2.30. The lowest BCUT2D eigenvalue weighted by molar-refractivity contribution is 0.456. The number of sulfone groups is 1. The second-order valence-electron chi connectivity index (χ2n) is 5.64. The van der Waals surface area contributed by atoms with E-state index >= 15 is 0 Å². The summed E-state index contributed by atoms with van der Waals surface area (Å²) in [7, 11) is -7.62. The Balaban J connectivity index is 2.50. The summed E-state index contributed by atoms with van der Waals surface area (Å²) in [6, 6.07) is 2.85. The third-order valence-corrected chi connectivity index (χ3v) is 6.86. The van der Waals surface area contributed by atoms with E-state index in [1.165, 1.54) is 4.31 Å². The van der Waals surface area contributed by atoms with Crippen LogP contribution in [-0.4, -0.2) is 40.5 Å². The first-order valence-electron chi connectivity index (χ1n) is 6.53. The van der Waals surface area contributed by atoms with Crippen molar-refractivity contribution in [3.8, 4) is 0 Å². The van der Waals surface area contributed by atoms with Gasteiger partial charge in [0.1, 0.15) is 10.7 Å². The van der Waals surface area contributed by atoms with E-state index in [-0.39, 0.29) is 16.7 Å². The van der Waals surface area contributed by atoms with Crippen molar-refractivity contribution in [3.63, 3.8) is 0 Å². The summed E-state index contributed by atoms with van der Waals surface area (Å²) < 4.78 is 63.2. The van der Waals surface area contributed by atoms with Crippen LogP contribution >= 0.6 is 0 Å². The Kier molecular flexibility index (Phi) is 4.16. The molecule has 0 saturated carbocycles. The van der Waals surface area contributed by atoms with Crippen molar-refractivity contribution in [2.75, 3.05) is 19.3 Å². The fraction of sp³-hybridized carbons (Fsp3) is 0.538. The lowest BCUT2D eigenvalue weighted by Gasteiger charge is -2.17. The van der Waals surface area contributed by atoms with Gasteiger partial charge in [0.05, 0.1) is 4.90 Å². The van der Waals surface area contributed by atoms with Crippen molar-refractivity contribution < 1.29 is 21.2 Å². The molecule has 0 spiro atoms. The average molecular weight is 335 g/mol. The van der Waals surface area contributed by atoms with Gasteiger partial charge < -0.3 is 0 Å². The van der Waals surface area contributed by atoms with Gasteiger partial charge in [-0.05, 0) is 30.0 Å². The quantitative estimate of drug-likeness (QED) is 0.785. The molecule has 0 radical (unpaired) electrons. The highest BCUT2D eigenvalue weighted by Gasteiger charge is 2.36. The predicted octanol–water partition coefficient (Wildman–Crippen LogP) is 1.51. The van der Waals surface area contributed by atoms with Crippen LogP contribution in [0, 0.1) is 17.7 Å². The number of hydrogen-bond donors (Lipinski definition) is 0. The SMILES string of the molecule is CC1CN(S(=O)(=O)c2cc(S(C)(=O)=O)ccc2F)CC1C. The normalized spacial score (nSPS) is 24.4. The van der Waals surface area contributed by atoms with Crippen LogP contribution < -0.4 is 0 Å². The van der Waals surface area contributed by atoms with Gasteiger partial charge in [0, 0.05) is 19.3 Å². The van der Waals surface area contributed by atoms with E-state index < -0.39 is 30.6 Å². The first kappa shape index (κ1) is 16.4. The molecule has 0 aromatic heterocycles. The van der Waals surface area contributed by atoms with E-state index in [1.807, 2.05) is 13.8 Å². The predicted molar refractivity (Wildman–Crippen MR) is 76.6 cm³/mol. The van der Waals surface area contributed by atoms with E-state index in [2.05, 4.69) is 0 Å². The molecule has 1 saturated heterocycles. The minimum absolute atomic E-state index is 0.181. The standard InChI is InChI=1S/C13H18FNO4S2/c1-9-7-15(8-10(9)2)21(18,19)13-6-11(20(3,16)17)4-5-12(13)14/h4-6,9-10H,7-8H2,1-3H3. The van der Waals surface area contributed by atoms with Gasteiger partial charge in [0.15, 0.2) is 9.84 Å². The maximum Gasteiger partial charge on any atom is 0.246 e.